The quantitative estimate of drug-likeness (QED) is 0.680. The van der Waals surface area contributed by atoms with Crippen LogP contribution >= 0.6 is 0 Å². The Bertz CT molecular complexity index is 190. The summed E-state index contributed by atoms with van der Waals surface area (Å²) in [5.74, 6) is 0.136. The Morgan fingerprint density at radius 1 is 1.29 bits per heavy atom. The molecule has 0 aromatic heterocycles. The highest BCUT2D eigenvalue weighted by molar-refractivity contribution is 5.77. The van der Waals surface area contributed by atoms with Crippen LogP contribution in [0, 0.1) is 5.41 Å². The fraction of sp³-hybridized carbons (Fsp3) is 0.900. The van der Waals surface area contributed by atoms with E-state index in [1.807, 2.05) is 26.0 Å². The Morgan fingerprint density at radius 2 is 1.79 bits per heavy atom. The third-order valence-electron chi connectivity index (χ3n) is 2.10. The van der Waals surface area contributed by atoms with Crippen LogP contribution in [0.1, 0.15) is 13.8 Å². The molecule has 2 N–H and O–H groups in total. The number of hydrogen-bond donors (Lipinski definition) is 1. The average Bonchev–Trinajstić information content (AvgIpc) is 2.02. The molecule has 84 valence electrons. The van der Waals surface area contributed by atoms with Crippen molar-refractivity contribution in [2.75, 3.05) is 40.8 Å². The third-order valence-corrected chi connectivity index (χ3v) is 2.10. The van der Waals surface area contributed by atoms with Gasteiger partial charge in [0.15, 0.2) is 0 Å². The second kappa shape index (κ2) is 5.32. The number of carbonyl (C=O) groups excluding carboxylic acids is 1. The molecule has 0 bridgehead atoms. The normalized spacial score (nSPS) is 11.9. The molecule has 0 saturated heterocycles. The number of carbonyl (C=O) groups is 1. The molecular weight excluding hydrogens is 178 g/mol. The summed E-state index contributed by atoms with van der Waals surface area (Å²) < 4.78 is 0. The van der Waals surface area contributed by atoms with Gasteiger partial charge in [-0.2, -0.15) is 0 Å². The summed E-state index contributed by atoms with van der Waals surface area (Å²) in [6.07, 6.45) is 0. The van der Waals surface area contributed by atoms with Gasteiger partial charge in [-0.1, -0.05) is 13.8 Å². The number of likely N-dealkylation sites (N-methyl/N-ethyl adjacent to an activating group) is 2. The Morgan fingerprint density at radius 3 is 2.14 bits per heavy atom. The summed E-state index contributed by atoms with van der Waals surface area (Å²) in [5.41, 5.74) is 5.60. The highest BCUT2D eigenvalue weighted by atomic mass is 16.2. The molecule has 0 saturated carbocycles. The molecule has 0 heterocycles. The van der Waals surface area contributed by atoms with Crippen molar-refractivity contribution in [1.82, 2.24) is 9.80 Å². The summed E-state index contributed by atoms with van der Waals surface area (Å²) in [4.78, 5) is 15.2. The first kappa shape index (κ1) is 13.4. The van der Waals surface area contributed by atoms with Crippen LogP contribution in [0.25, 0.3) is 0 Å². The minimum absolute atomic E-state index is 0.00325. The van der Waals surface area contributed by atoms with Gasteiger partial charge in [0.2, 0.25) is 5.91 Å². The van der Waals surface area contributed by atoms with Gasteiger partial charge in [0, 0.05) is 13.6 Å². The molecule has 1 amide bonds. The average molecular weight is 201 g/mol. The lowest BCUT2D eigenvalue weighted by Crippen LogP contribution is -2.42. The minimum Gasteiger partial charge on any atom is -0.344 e. The van der Waals surface area contributed by atoms with Gasteiger partial charge in [-0.3, -0.25) is 4.79 Å². The van der Waals surface area contributed by atoms with Crippen molar-refractivity contribution in [2.45, 2.75) is 13.8 Å². The predicted octanol–water partition coefficient (Wildman–Crippen LogP) is -0.00870. The van der Waals surface area contributed by atoms with Crippen LogP contribution in [0.4, 0.5) is 0 Å². The minimum atomic E-state index is -0.00325. The van der Waals surface area contributed by atoms with Crippen LogP contribution in [-0.2, 0) is 4.79 Å². The van der Waals surface area contributed by atoms with Crippen molar-refractivity contribution in [1.29, 1.82) is 0 Å². The molecule has 0 atom stereocenters. The van der Waals surface area contributed by atoms with Crippen molar-refractivity contribution in [3.63, 3.8) is 0 Å². The molecule has 0 aliphatic heterocycles. The number of hydrogen-bond acceptors (Lipinski definition) is 3. The van der Waals surface area contributed by atoms with Crippen LogP contribution in [0.5, 0.6) is 0 Å². The van der Waals surface area contributed by atoms with E-state index in [9.17, 15) is 4.79 Å². The summed E-state index contributed by atoms with van der Waals surface area (Å²) >= 11 is 0. The van der Waals surface area contributed by atoms with Crippen molar-refractivity contribution < 1.29 is 4.79 Å². The van der Waals surface area contributed by atoms with E-state index >= 15 is 0 Å². The fourth-order valence-electron chi connectivity index (χ4n) is 1.19. The summed E-state index contributed by atoms with van der Waals surface area (Å²) in [6.45, 7) is 5.87. The lowest BCUT2D eigenvalue weighted by molar-refractivity contribution is -0.131. The Balaban J connectivity index is 4.07. The van der Waals surface area contributed by atoms with Gasteiger partial charge in [-0.15, -0.1) is 0 Å². The van der Waals surface area contributed by atoms with Crippen LogP contribution in [0.15, 0.2) is 0 Å². The summed E-state index contributed by atoms with van der Waals surface area (Å²) in [7, 11) is 5.60. The molecule has 0 aromatic carbocycles. The maximum absolute atomic E-state index is 11.6. The highest BCUT2D eigenvalue weighted by Gasteiger charge is 2.20. The van der Waals surface area contributed by atoms with E-state index in [0.29, 0.717) is 19.6 Å². The first-order valence-electron chi connectivity index (χ1n) is 4.87. The van der Waals surface area contributed by atoms with Crippen LogP contribution < -0.4 is 5.73 Å². The van der Waals surface area contributed by atoms with Crippen molar-refractivity contribution in [2.24, 2.45) is 11.1 Å². The molecule has 4 heteroatoms. The highest BCUT2D eigenvalue weighted by Crippen LogP contribution is 2.13. The molecule has 0 spiro atoms. The first-order chi connectivity index (χ1) is 6.28. The fourth-order valence-corrected chi connectivity index (χ4v) is 1.19. The summed E-state index contributed by atoms with van der Waals surface area (Å²) in [6, 6.07) is 0. The Labute approximate surface area is 87.0 Å². The number of amides is 1. The van der Waals surface area contributed by atoms with Gasteiger partial charge in [-0.25, -0.2) is 0 Å². The van der Waals surface area contributed by atoms with E-state index in [-0.39, 0.29) is 11.3 Å². The number of nitrogens with two attached hydrogens (primary N) is 1. The molecule has 14 heavy (non-hydrogen) atoms. The molecule has 0 aromatic rings. The third kappa shape index (κ3) is 5.19. The molecule has 0 fully saturated rings. The van der Waals surface area contributed by atoms with Crippen LogP contribution in [-0.4, -0.2) is 56.5 Å². The second-order valence-corrected chi connectivity index (χ2v) is 4.86. The molecule has 0 aliphatic carbocycles. The van der Waals surface area contributed by atoms with Gasteiger partial charge in [0.05, 0.1) is 6.54 Å². The smallest absolute Gasteiger partial charge is 0.236 e. The lowest BCUT2D eigenvalue weighted by Gasteiger charge is -2.29. The van der Waals surface area contributed by atoms with E-state index in [0.717, 1.165) is 0 Å². The van der Waals surface area contributed by atoms with Crippen LogP contribution in [0.2, 0.25) is 0 Å². The second-order valence-electron chi connectivity index (χ2n) is 4.86. The summed E-state index contributed by atoms with van der Waals surface area (Å²) in [5, 5.41) is 0. The van der Waals surface area contributed by atoms with Crippen LogP contribution in [0.3, 0.4) is 0 Å². The molecule has 0 rings (SSSR count). The van der Waals surface area contributed by atoms with Gasteiger partial charge in [0.25, 0.3) is 0 Å². The van der Waals surface area contributed by atoms with Crippen molar-refractivity contribution >= 4 is 5.91 Å². The predicted molar refractivity (Wildman–Crippen MR) is 59.0 cm³/mol. The SMILES string of the molecule is CN(C)CC(=O)N(C)CC(C)(C)CN. The van der Waals surface area contributed by atoms with E-state index in [1.165, 1.54) is 0 Å². The standard InChI is InChI=1S/C10H23N3O/c1-10(2,7-11)8-13(5)9(14)6-12(3)4/h6-8,11H2,1-5H3. The van der Waals surface area contributed by atoms with Gasteiger partial charge in [0.1, 0.15) is 0 Å². The number of nitrogens with zero attached hydrogens (tertiary/aromatic N) is 2. The Hall–Kier alpha value is -0.610. The van der Waals surface area contributed by atoms with E-state index in [2.05, 4.69) is 13.8 Å². The maximum Gasteiger partial charge on any atom is 0.236 e. The van der Waals surface area contributed by atoms with E-state index in [1.54, 1.807) is 4.90 Å². The zero-order valence-electron chi connectivity index (χ0n) is 10.0. The Kier molecular flexibility index (Phi) is 5.08. The van der Waals surface area contributed by atoms with Gasteiger partial charge in [-0.05, 0) is 26.1 Å². The molecule has 0 unspecified atom stereocenters. The van der Waals surface area contributed by atoms with E-state index < -0.39 is 0 Å². The molecule has 0 aliphatic rings. The van der Waals surface area contributed by atoms with E-state index in [4.69, 9.17) is 5.73 Å². The maximum atomic E-state index is 11.6. The topological polar surface area (TPSA) is 49.6 Å². The van der Waals surface area contributed by atoms with Gasteiger partial charge < -0.3 is 15.5 Å². The van der Waals surface area contributed by atoms with Gasteiger partial charge >= 0.3 is 0 Å². The van der Waals surface area contributed by atoms with Crippen molar-refractivity contribution in [3.8, 4) is 0 Å². The largest absolute Gasteiger partial charge is 0.344 e. The zero-order chi connectivity index (χ0) is 11.4. The molecule has 0 radical (unpaired) electrons. The molecular formula is C10H23N3O. The monoisotopic (exact) mass is 201 g/mol. The zero-order valence-corrected chi connectivity index (χ0v) is 10.0. The van der Waals surface area contributed by atoms with Crippen molar-refractivity contribution in [3.05, 3.63) is 0 Å². The lowest BCUT2D eigenvalue weighted by atomic mass is 9.93. The first-order valence-corrected chi connectivity index (χ1v) is 4.87. The molecule has 4 nitrogen and oxygen atoms in total. The number of rotatable bonds is 5.